The van der Waals surface area contributed by atoms with Crippen LogP contribution in [-0.2, 0) is 16.2 Å². The number of nitrogens with zero attached hydrogens (tertiary/aromatic N) is 2. The largest absolute Gasteiger partial charge is 0.490 e. The Morgan fingerprint density at radius 2 is 1.04 bits per heavy atom. The average molecular weight is 757 g/mol. The van der Waals surface area contributed by atoms with Crippen LogP contribution in [0, 0.1) is 27.7 Å². The van der Waals surface area contributed by atoms with E-state index in [1.807, 2.05) is 0 Å². The summed E-state index contributed by atoms with van der Waals surface area (Å²) >= 11 is 0. The molecule has 0 N–H and O–H groups in total. The van der Waals surface area contributed by atoms with Gasteiger partial charge < -0.3 is 23.7 Å². The smallest absolute Gasteiger partial charge is 0.297 e. The van der Waals surface area contributed by atoms with Gasteiger partial charge in [0.1, 0.15) is 5.58 Å². The highest BCUT2D eigenvalue weighted by atomic mass is 16.5. The molecule has 0 fully saturated rings. The summed E-state index contributed by atoms with van der Waals surface area (Å²) < 4.78 is 20.1. The maximum absolute atomic E-state index is 7.25. The lowest BCUT2D eigenvalue weighted by molar-refractivity contribution is 0.297. The Labute approximate surface area is 340 Å². The van der Waals surface area contributed by atoms with Crippen molar-refractivity contribution in [1.29, 1.82) is 0 Å². The maximum atomic E-state index is 7.25. The summed E-state index contributed by atoms with van der Waals surface area (Å²) in [6.45, 7) is 30.8. The second kappa shape index (κ2) is 12.7. The van der Waals surface area contributed by atoms with Crippen LogP contribution < -0.4 is 35.9 Å². The second-order valence-corrected chi connectivity index (χ2v) is 19.9. The Hall–Kier alpha value is -5.10. The van der Waals surface area contributed by atoms with Gasteiger partial charge in [-0.15, -0.1) is 0 Å². The van der Waals surface area contributed by atoms with E-state index in [0.29, 0.717) is 13.2 Å². The number of rotatable bonds is 2. The third kappa shape index (κ3) is 5.88. The molecule has 57 heavy (non-hydrogen) atoms. The minimum absolute atomic E-state index is 0.0222. The molecule has 0 saturated carbocycles. The molecule has 0 aliphatic carbocycles. The van der Waals surface area contributed by atoms with Gasteiger partial charge in [-0.3, -0.25) is 0 Å². The third-order valence-corrected chi connectivity index (χ3v) is 12.5. The molecular formula is C51H57BN2O3. The molecule has 6 aromatic rings. The predicted molar refractivity (Wildman–Crippen MR) is 241 cm³/mol. The zero-order valence-electron chi connectivity index (χ0n) is 36.2. The van der Waals surface area contributed by atoms with E-state index in [1.165, 1.54) is 61.5 Å². The SMILES string of the molecule is Cc1cc(C(C)(C)C)cc(C)c1N1c2cc3c(cc2B2c4oc5ccc(C(C)(C)C)cc5c4N(c4c(C)cc(C(C)(C)C)cc4C)c4cccc1c42)OCCCO3. The highest BCUT2D eigenvalue weighted by Gasteiger charge is 2.48. The first-order valence-corrected chi connectivity index (χ1v) is 20.8. The molecular weight excluding hydrogens is 699 g/mol. The van der Waals surface area contributed by atoms with Crippen LogP contribution in [0.5, 0.6) is 11.5 Å². The fourth-order valence-corrected chi connectivity index (χ4v) is 9.50. The molecule has 0 saturated heterocycles. The lowest BCUT2D eigenvalue weighted by Crippen LogP contribution is -2.61. The van der Waals surface area contributed by atoms with Gasteiger partial charge in [-0.2, -0.15) is 0 Å². The molecule has 3 aliphatic heterocycles. The van der Waals surface area contributed by atoms with E-state index in [4.69, 9.17) is 13.9 Å². The summed E-state index contributed by atoms with van der Waals surface area (Å²) in [6.07, 6.45) is 0.842. The Bertz CT molecular complexity index is 2580. The lowest BCUT2D eigenvalue weighted by atomic mass is 9.35. The maximum Gasteiger partial charge on any atom is 0.297 e. The van der Waals surface area contributed by atoms with Gasteiger partial charge in [0.2, 0.25) is 0 Å². The first-order chi connectivity index (χ1) is 26.8. The van der Waals surface area contributed by atoms with Crippen molar-refractivity contribution in [1.82, 2.24) is 0 Å². The molecule has 0 atom stereocenters. The number of benzene rings is 5. The highest BCUT2D eigenvalue weighted by Crippen LogP contribution is 2.51. The molecule has 0 radical (unpaired) electrons. The molecule has 9 rings (SSSR count). The standard InChI is InChI=1S/C51H57BN2O3/c1-29-22-34(50(8,9)10)23-30(2)45(29)53-38-16-14-17-39-44(38)52(37-27-42-43(28-40(37)53)56-21-15-20-55-42)48-47(36-26-33(49(5,6)7)18-19-41(36)57-48)54(39)46-31(3)24-35(25-32(46)4)51(11,12)13/h14,16-19,22-28H,15,20-21H2,1-13H3. The summed E-state index contributed by atoms with van der Waals surface area (Å²) in [5, 5.41) is 1.13. The first-order valence-electron chi connectivity index (χ1n) is 20.8. The van der Waals surface area contributed by atoms with Gasteiger partial charge >= 0.3 is 0 Å². The number of hydrogen-bond acceptors (Lipinski definition) is 5. The monoisotopic (exact) mass is 756 g/mol. The van der Waals surface area contributed by atoms with Gasteiger partial charge in [-0.05, 0) is 124 Å². The summed E-state index contributed by atoms with van der Waals surface area (Å²) in [4.78, 5) is 5.04. The number of hydrogen-bond donors (Lipinski definition) is 0. The van der Waals surface area contributed by atoms with E-state index in [-0.39, 0.29) is 23.0 Å². The average Bonchev–Trinajstić information content (AvgIpc) is 3.34. The fraction of sp³-hybridized carbons (Fsp3) is 0.373. The molecule has 3 aliphatic rings. The molecule has 0 amide bonds. The number of ether oxygens (including phenoxy) is 2. The van der Waals surface area contributed by atoms with Crippen molar-refractivity contribution < 1.29 is 13.9 Å². The highest BCUT2D eigenvalue weighted by molar-refractivity contribution is 7.00. The van der Waals surface area contributed by atoms with Crippen molar-refractivity contribution in [3.8, 4) is 11.5 Å². The first kappa shape index (κ1) is 37.5. The van der Waals surface area contributed by atoms with Gasteiger partial charge in [-0.25, -0.2) is 0 Å². The Kier molecular flexibility index (Phi) is 8.35. The summed E-state index contributed by atoms with van der Waals surface area (Å²) in [5.41, 5.74) is 20.2. The van der Waals surface area contributed by atoms with Crippen molar-refractivity contribution in [3.63, 3.8) is 0 Å². The Morgan fingerprint density at radius 3 is 1.58 bits per heavy atom. The molecule has 6 heteroatoms. The van der Waals surface area contributed by atoms with Crippen molar-refractivity contribution in [3.05, 3.63) is 112 Å². The molecule has 0 unspecified atom stereocenters. The normalized spacial score (nSPS) is 15.1. The number of furan rings is 1. The lowest BCUT2D eigenvalue weighted by Gasteiger charge is -2.44. The van der Waals surface area contributed by atoms with Gasteiger partial charge in [0.05, 0.1) is 35.9 Å². The predicted octanol–water partition coefficient (Wildman–Crippen LogP) is 11.8. The van der Waals surface area contributed by atoms with Crippen LogP contribution in [0.4, 0.5) is 34.1 Å². The summed E-state index contributed by atoms with van der Waals surface area (Å²) in [6, 6.07) is 27.7. The number of aryl methyl sites for hydroxylation is 4. The van der Waals surface area contributed by atoms with Crippen LogP contribution in [-0.4, -0.2) is 19.9 Å². The summed E-state index contributed by atoms with van der Waals surface area (Å²) in [7, 11) is 0. The molecule has 1 aromatic heterocycles. The van der Waals surface area contributed by atoms with Gasteiger partial charge in [0, 0.05) is 34.9 Å². The van der Waals surface area contributed by atoms with Crippen LogP contribution in [0.25, 0.3) is 11.0 Å². The van der Waals surface area contributed by atoms with E-state index in [1.54, 1.807) is 0 Å². The third-order valence-electron chi connectivity index (χ3n) is 12.5. The van der Waals surface area contributed by atoms with E-state index in [0.717, 1.165) is 57.1 Å². The van der Waals surface area contributed by atoms with Gasteiger partial charge in [0.15, 0.2) is 11.5 Å². The van der Waals surface area contributed by atoms with Crippen molar-refractivity contribution in [2.24, 2.45) is 0 Å². The quantitative estimate of drug-likeness (QED) is 0.164. The molecule has 5 aromatic carbocycles. The molecule has 0 spiro atoms. The van der Waals surface area contributed by atoms with Crippen LogP contribution in [0.3, 0.4) is 0 Å². The Balaban J connectivity index is 1.41. The van der Waals surface area contributed by atoms with Crippen LogP contribution in [0.1, 0.15) is 108 Å². The molecule has 5 nitrogen and oxygen atoms in total. The Morgan fingerprint density at radius 1 is 0.526 bits per heavy atom. The minimum atomic E-state index is -0.180. The molecule has 0 bridgehead atoms. The van der Waals surface area contributed by atoms with Crippen LogP contribution >= 0.6 is 0 Å². The molecule has 292 valence electrons. The van der Waals surface area contributed by atoms with Crippen LogP contribution in [0.15, 0.2) is 77.2 Å². The minimum Gasteiger partial charge on any atom is -0.490 e. The van der Waals surface area contributed by atoms with E-state index >= 15 is 0 Å². The topological polar surface area (TPSA) is 38.1 Å². The summed E-state index contributed by atoms with van der Waals surface area (Å²) in [5.74, 6) is 1.59. The van der Waals surface area contributed by atoms with E-state index < -0.39 is 0 Å². The number of fused-ring (bicyclic) bond motifs is 7. The van der Waals surface area contributed by atoms with Crippen molar-refractivity contribution in [2.45, 2.75) is 113 Å². The van der Waals surface area contributed by atoms with Crippen molar-refractivity contribution in [2.75, 3.05) is 23.0 Å². The van der Waals surface area contributed by atoms with Crippen molar-refractivity contribution >= 4 is 68.4 Å². The zero-order chi connectivity index (χ0) is 40.5. The van der Waals surface area contributed by atoms with E-state index in [9.17, 15) is 0 Å². The van der Waals surface area contributed by atoms with Gasteiger partial charge in [-0.1, -0.05) is 98.7 Å². The van der Waals surface area contributed by atoms with Crippen LogP contribution in [0.2, 0.25) is 0 Å². The molecule has 4 heterocycles. The van der Waals surface area contributed by atoms with Gasteiger partial charge in [0.25, 0.3) is 6.71 Å². The van der Waals surface area contributed by atoms with E-state index in [2.05, 4.69) is 173 Å². The zero-order valence-corrected chi connectivity index (χ0v) is 36.2. The second-order valence-electron chi connectivity index (χ2n) is 19.9. The fourth-order valence-electron chi connectivity index (χ4n) is 9.50. The number of anilines is 6.